The third-order valence-electron chi connectivity index (χ3n) is 3.79. The Morgan fingerprint density at radius 2 is 2.11 bits per heavy atom. The Hall–Kier alpha value is -1.43. The maximum Gasteiger partial charge on any atom is 0.267 e. The summed E-state index contributed by atoms with van der Waals surface area (Å²) in [5.74, 6) is -0.399. The molecule has 2 rings (SSSR count). The molecule has 0 aromatic carbocycles. The molecule has 1 aliphatic heterocycles. The number of amides is 2. The van der Waals surface area contributed by atoms with E-state index in [0.717, 1.165) is 25.7 Å². The van der Waals surface area contributed by atoms with Crippen molar-refractivity contribution in [3.05, 3.63) is 0 Å². The minimum atomic E-state index is -0.241. The fourth-order valence-corrected chi connectivity index (χ4v) is 2.52. The molecule has 0 radical (unpaired) electrons. The average Bonchev–Trinajstić information content (AvgIpc) is 2.86. The first-order chi connectivity index (χ1) is 8.65. The highest BCUT2D eigenvalue weighted by molar-refractivity contribution is 6.39. The quantitative estimate of drug-likeness (QED) is 0.654. The van der Waals surface area contributed by atoms with Crippen molar-refractivity contribution in [1.29, 1.82) is 0 Å². The van der Waals surface area contributed by atoms with Crippen LogP contribution in [0.4, 0.5) is 0 Å². The predicted molar refractivity (Wildman–Crippen MR) is 65.8 cm³/mol. The molecule has 2 amide bonds. The molecule has 100 valence electrons. The SMILES string of the molecule is O=C1CCC(C(=O)NCC2(CO)CCCC2)=NN1. The number of hydrogen-bond acceptors (Lipinski definition) is 4. The maximum atomic E-state index is 11.8. The van der Waals surface area contributed by atoms with Crippen LogP contribution in [-0.4, -0.2) is 35.8 Å². The average molecular weight is 253 g/mol. The fraction of sp³-hybridized carbons (Fsp3) is 0.750. The van der Waals surface area contributed by atoms with Gasteiger partial charge >= 0.3 is 0 Å². The van der Waals surface area contributed by atoms with E-state index in [9.17, 15) is 14.7 Å². The van der Waals surface area contributed by atoms with Gasteiger partial charge in [-0.25, -0.2) is 5.43 Å². The van der Waals surface area contributed by atoms with Crippen LogP contribution in [0.25, 0.3) is 0 Å². The Bertz CT molecular complexity index is 373. The Morgan fingerprint density at radius 1 is 1.39 bits per heavy atom. The summed E-state index contributed by atoms with van der Waals surface area (Å²) in [5, 5.41) is 16.0. The second kappa shape index (κ2) is 5.48. The van der Waals surface area contributed by atoms with Crippen molar-refractivity contribution in [1.82, 2.24) is 10.7 Å². The van der Waals surface area contributed by atoms with Gasteiger partial charge in [0.15, 0.2) is 0 Å². The highest BCUT2D eigenvalue weighted by Gasteiger charge is 2.33. The van der Waals surface area contributed by atoms with Gasteiger partial charge in [-0.2, -0.15) is 5.10 Å². The van der Waals surface area contributed by atoms with Crippen LogP contribution >= 0.6 is 0 Å². The monoisotopic (exact) mass is 253 g/mol. The van der Waals surface area contributed by atoms with Crippen LogP contribution in [0.15, 0.2) is 5.10 Å². The molecular formula is C12H19N3O3. The summed E-state index contributed by atoms with van der Waals surface area (Å²) >= 11 is 0. The van der Waals surface area contributed by atoms with Crippen molar-refractivity contribution in [2.75, 3.05) is 13.2 Å². The number of nitrogens with zero attached hydrogens (tertiary/aromatic N) is 1. The smallest absolute Gasteiger partial charge is 0.267 e. The fourth-order valence-electron chi connectivity index (χ4n) is 2.52. The molecule has 1 fully saturated rings. The second-order valence-corrected chi connectivity index (χ2v) is 5.14. The molecule has 0 aromatic rings. The summed E-state index contributed by atoms with van der Waals surface area (Å²) in [4.78, 5) is 22.8. The van der Waals surface area contributed by atoms with Crippen molar-refractivity contribution in [2.24, 2.45) is 10.5 Å². The first kappa shape index (κ1) is 13.0. The number of nitrogens with one attached hydrogen (secondary N) is 2. The largest absolute Gasteiger partial charge is 0.396 e. The van der Waals surface area contributed by atoms with Crippen molar-refractivity contribution >= 4 is 17.5 Å². The first-order valence-corrected chi connectivity index (χ1v) is 6.40. The number of hydrazone groups is 1. The molecule has 0 aromatic heterocycles. The van der Waals surface area contributed by atoms with E-state index in [-0.39, 0.29) is 23.8 Å². The molecular weight excluding hydrogens is 234 g/mol. The lowest BCUT2D eigenvalue weighted by Gasteiger charge is -2.26. The van der Waals surface area contributed by atoms with Crippen molar-refractivity contribution in [2.45, 2.75) is 38.5 Å². The van der Waals surface area contributed by atoms with Gasteiger partial charge in [-0.15, -0.1) is 0 Å². The molecule has 1 aliphatic carbocycles. The molecule has 1 saturated carbocycles. The minimum Gasteiger partial charge on any atom is -0.396 e. The van der Waals surface area contributed by atoms with E-state index in [2.05, 4.69) is 15.8 Å². The molecule has 0 atom stereocenters. The molecule has 1 heterocycles. The zero-order valence-corrected chi connectivity index (χ0v) is 10.4. The van der Waals surface area contributed by atoms with E-state index in [1.54, 1.807) is 0 Å². The third-order valence-corrected chi connectivity index (χ3v) is 3.79. The van der Waals surface area contributed by atoms with E-state index in [1.165, 1.54) is 0 Å². The summed E-state index contributed by atoms with van der Waals surface area (Å²) in [6.07, 6.45) is 4.79. The lowest BCUT2D eigenvalue weighted by molar-refractivity contribution is -0.121. The van der Waals surface area contributed by atoms with Crippen LogP contribution < -0.4 is 10.7 Å². The van der Waals surface area contributed by atoms with E-state index in [4.69, 9.17) is 0 Å². The summed E-state index contributed by atoms with van der Waals surface area (Å²) in [6.45, 7) is 0.589. The number of aliphatic hydroxyl groups excluding tert-OH is 1. The van der Waals surface area contributed by atoms with Gasteiger partial charge in [-0.1, -0.05) is 12.8 Å². The highest BCUT2D eigenvalue weighted by atomic mass is 16.3. The van der Waals surface area contributed by atoms with Gasteiger partial charge in [0, 0.05) is 24.8 Å². The topological polar surface area (TPSA) is 90.8 Å². The van der Waals surface area contributed by atoms with Gasteiger partial charge in [0.25, 0.3) is 5.91 Å². The second-order valence-electron chi connectivity index (χ2n) is 5.14. The molecule has 6 heteroatoms. The van der Waals surface area contributed by atoms with Crippen LogP contribution in [0.1, 0.15) is 38.5 Å². The first-order valence-electron chi connectivity index (χ1n) is 6.40. The lowest BCUT2D eigenvalue weighted by atomic mass is 9.87. The van der Waals surface area contributed by atoms with E-state index in [0.29, 0.717) is 25.1 Å². The number of carbonyl (C=O) groups excluding carboxylic acids is 2. The molecule has 0 spiro atoms. The van der Waals surface area contributed by atoms with E-state index >= 15 is 0 Å². The number of rotatable bonds is 4. The molecule has 0 unspecified atom stereocenters. The lowest BCUT2D eigenvalue weighted by Crippen LogP contribution is -2.43. The van der Waals surface area contributed by atoms with Crippen LogP contribution in [0.3, 0.4) is 0 Å². The number of carbonyl (C=O) groups is 2. The molecule has 3 N–H and O–H groups in total. The van der Waals surface area contributed by atoms with Crippen LogP contribution in [-0.2, 0) is 9.59 Å². The standard InChI is InChI=1S/C12H19N3O3/c16-8-12(5-1-2-6-12)7-13-11(18)9-3-4-10(17)15-14-9/h16H,1-8H2,(H,13,18)(H,15,17). The van der Waals surface area contributed by atoms with Crippen molar-refractivity contribution in [3.63, 3.8) is 0 Å². The normalized spacial score (nSPS) is 22.3. The molecule has 0 saturated heterocycles. The Balaban J connectivity index is 1.86. The Morgan fingerprint density at radius 3 is 2.67 bits per heavy atom. The van der Waals surface area contributed by atoms with Crippen LogP contribution in [0.5, 0.6) is 0 Å². The van der Waals surface area contributed by atoms with Gasteiger partial charge in [0.2, 0.25) is 5.91 Å². The Labute approximate surface area is 106 Å². The highest BCUT2D eigenvalue weighted by Crippen LogP contribution is 2.36. The Kier molecular flexibility index (Phi) is 3.96. The van der Waals surface area contributed by atoms with Crippen LogP contribution in [0, 0.1) is 5.41 Å². The molecule has 6 nitrogen and oxygen atoms in total. The zero-order chi connectivity index (χ0) is 13.0. The minimum absolute atomic E-state index is 0.108. The van der Waals surface area contributed by atoms with Crippen molar-refractivity contribution < 1.29 is 14.7 Å². The van der Waals surface area contributed by atoms with E-state index in [1.807, 2.05) is 0 Å². The molecule has 2 aliphatic rings. The van der Waals surface area contributed by atoms with E-state index < -0.39 is 0 Å². The number of aliphatic hydroxyl groups is 1. The molecule has 18 heavy (non-hydrogen) atoms. The van der Waals surface area contributed by atoms with Crippen molar-refractivity contribution in [3.8, 4) is 0 Å². The van der Waals surface area contributed by atoms with Gasteiger partial charge in [0.1, 0.15) is 5.71 Å². The predicted octanol–water partition coefficient (Wildman–Crippen LogP) is -0.0787. The zero-order valence-electron chi connectivity index (χ0n) is 10.4. The summed E-state index contributed by atoms with van der Waals surface area (Å²) < 4.78 is 0. The summed E-state index contributed by atoms with van der Waals surface area (Å²) in [6, 6.07) is 0. The summed E-state index contributed by atoms with van der Waals surface area (Å²) in [5.41, 5.74) is 2.51. The van der Waals surface area contributed by atoms with Gasteiger partial charge < -0.3 is 10.4 Å². The van der Waals surface area contributed by atoms with Gasteiger partial charge in [-0.3, -0.25) is 9.59 Å². The maximum absolute atomic E-state index is 11.8. The van der Waals surface area contributed by atoms with Gasteiger partial charge in [0.05, 0.1) is 6.61 Å². The molecule has 0 bridgehead atoms. The number of hydrogen-bond donors (Lipinski definition) is 3. The third kappa shape index (κ3) is 2.87. The summed E-state index contributed by atoms with van der Waals surface area (Å²) in [7, 11) is 0. The van der Waals surface area contributed by atoms with Gasteiger partial charge in [-0.05, 0) is 12.8 Å². The van der Waals surface area contributed by atoms with Crippen LogP contribution in [0.2, 0.25) is 0 Å².